The number of hydrogen-bond donors (Lipinski definition) is 1. The van der Waals surface area contributed by atoms with E-state index < -0.39 is 5.97 Å². The molecule has 1 aromatic carbocycles. The van der Waals surface area contributed by atoms with Crippen LogP contribution in [-0.2, 0) is 14.3 Å². The molecule has 0 aliphatic carbocycles. The van der Waals surface area contributed by atoms with Gasteiger partial charge < -0.3 is 19.5 Å². The molecule has 0 atom stereocenters. The highest BCUT2D eigenvalue weighted by Crippen LogP contribution is 2.27. The van der Waals surface area contributed by atoms with Crippen molar-refractivity contribution < 1.29 is 23.8 Å². The first-order chi connectivity index (χ1) is 12.6. The summed E-state index contributed by atoms with van der Waals surface area (Å²) in [7, 11) is 3.12. The lowest BCUT2D eigenvalue weighted by Crippen LogP contribution is -2.27. The molecule has 1 amide bonds. The average molecular weight is 363 g/mol. The van der Waals surface area contributed by atoms with Gasteiger partial charge in [0.2, 0.25) is 5.91 Å². The predicted molar refractivity (Wildman–Crippen MR) is 101 cm³/mol. The van der Waals surface area contributed by atoms with Gasteiger partial charge in [-0.15, -0.1) is 0 Å². The van der Waals surface area contributed by atoms with Gasteiger partial charge in [-0.2, -0.15) is 0 Å². The summed E-state index contributed by atoms with van der Waals surface area (Å²) in [4.78, 5) is 23.3. The van der Waals surface area contributed by atoms with E-state index in [4.69, 9.17) is 14.2 Å². The number of carbonyl (C=O) groups is 2. The number of benzene rings is 1. The molecule has 0 saturated heterocycles. The second-order valence-electron chi connectivity index (χ2n) is 5.78. The highest BCUT2D eigenvalue weighted by atomic mass is 16.5. The minimum absolute atomic E-state index is 0.00183. The van der Waals surface area contributed by atoms with Crippen molar-refractivity contribution in [1.82, 2.24) is 5.32 Å². The molecule has 1 rings (SSSR count). The lowest BCUT2D eigenvalue weighted by molar-refractivity contribution is -0.138. The molecule has 0 fully saturated rings. The van der Waals surface area contributed by atoms with E-state index >= 15 is 0 Å². The summed E-state index contributed by atoms with van der Waals surface area (Å²) < 4.78 is 15.4. The zero-order chi connectivity index (χ0) is 19.2. The van der Waals surface area contributed by atoms with Gasteiger partial charge in [-0.05, 0) is 30.2 Å². The number of rotatable bonds is 12. The fourth-order valence-electron chi connectivity index (χ4n) is 2.31. The monoisotopic (exact) mass is 363 g/mol. The quantitative estimate of drug-likeness (QED) is 0.350. The number of nitrogens with one attached hydrogen (secondary N) is 1. The minimum Gasteiger partial charge on any atom is -0.493 e. The van der Waals surface area contributed by atoms with Crippen LogP contribution in [0.4, 0.5) is 0 Å². The summed E-state index contributed by atoms with van der Waals surface area (Å²) in [5.41, 5.74) is 0.792. The Morgan fingerprint density at radius 2 is 1.85 bits per heavy atom. The van der Waals surface area contributed by atoms with E-state index in [0.29, 0.717) is 24.5 Å². The lowest BCUT2D eigenvalue weighted by atomic mass is 10.1. The number of methoxy groups -OCH3 is 2. The Bertz CT molecular complexity index is 598. The first-order valence-electron chi connectivity index (χ1n) is 8.94. The Kier molecular flexibility index (Phi) is 10.6. The first-order valence-corrected chi connectivity index (χ1v) is 8.94. The maximum atomic E-state index is 11.7. The van der Waals surface area contributed by atoms with E-state index in [2.05, 4.69) is 12.2 Å². The highest BCUT2D eigenvalue weighted by Gasteiger charge is 2.04. The van der Waals surface area contributed by atoms with Crippen LogP contribution in [0.2, 0.25) is 0 Å². The van der Waals surface area contributed by atoms with Crippen molar-refractivity contribution in [1.29, 1.82) is 0 Å². The van der Waals surface area contributed by atoms with Gasteiger partial charge in [-0.1, -0.05) is 32.3 Å². The van der Waals surface area contributed by atoms with Crippen LogP contribution < -0.4 is 14.8 Å². The Morgan fingerprint density at radius 3 is 2.54 bits per heavy atom. The second-order valence-corrected chi connectivity index (χ2v) is 5.78. The number of hydrogen-bond acceptors (Lipinski definition) is 5. The Balaban J connectivity index is 2.27. The molecule has 0 spiro atoms. The number of carbonyl (C=O) groups excluding carboxylic acids is 2. The van der Waals surface area contributed by atoms with E-state index in [1.165, 1.54) is 6.08 Å². The zero-order valence-corrected chi connectivity index (χ0v) is 15.9. The molecule has 0 radical (unpaired) electrons. The number of unbranched alkanes of at least 4 members (excludes halogenated alkanes) is 3. The summed E-state index contributed by atoms with van der Waals surface area (Å²) >= 11 is 0. The van der Waals surface area contributed by atoms with E-state index in [0.717, 1.165) is 31.2 Å². The van der Waals surface area contributed by atoms with Crippen LogP contribution >= 0.6 is 0 Å². The molecule has 0 bridgehead atoms. The lowest BCUT2D eigenvalue weighted by Gasteiger charge is -2.07. The van der Waals surface area contributed by atoms with Crippen LogP contribution in [0.3, 0.4) is 0 Å². The normalized spacial score (nSPS) is 10.6. The molecule has 6 nitrogen and oxygen atoms in total. The topological polar surface area (TPSA) is 73.9 Å². The Hall–Kier alpha value is -2.50. The van der Waals surface area contributed by atoms with Crippen LogP contribution in [0.25, 0.3) is 6.08 Å². The second kappa shape index (κ2) is 12.8. The summed E-state index contributed by atoms with van der Waals surface area (Å²) in [5, 5.41) is 2.75. The molecule has 0 unspecified atom stereocenters. The van der Waals surface area contributed by atoms with Crippen molar-refractivity contribution >= 4 is 18.0 Å². The average Bonchev–Trinajstić information content (AvgIpc) is 2.66. The summed E-state index contributed by atoms with van der Waals surface area (Å²) in [5.74, 6) is 0.748. The zero-order valence-electron chi connectivity index (χ0n) is 15.9. The third-order valence-corrected chi connectivity index (χ3v) is 3.75. The Morgan fingerprint density at radius 1 is 1.08 bits per heavy atom. The third-order valence-electron chi connectivity index (χ3n) is 3.75. The van der Waals surface area contributed by atoms with Crippen molar-refractivity contribution in [2.75, 3.05) is 27.4 Å². The van der Waals surface area contributed by atoms with E-state index in [1.54, 1.807) is 32.4 Å². The molecular weight excluding hydrogens is 334 g/mol. The van der Waals surface area contributed by atoms with Crippen LogP contribution in [0.1, 0.15) is 44.6 Å². The van der Waals surface area contributed by atoms with Crippen LogP contribution in [0.15, 0.2) is 24.3 Å². The van der Waals surface area contributed by atoms with Gasteiger partial charge >= 0.3 is 5.97 Å². The van der Waals surface area contributed by atoms with Gasteiger partial charge in [-0.3, -0.25) is 4.79 Å². The van der Waals surface area contributed by atoms with Gasteiger partial charge in [0.15, 0.2) is 11.5 Å². The number of ether oxygens (including phenoxy) is 3. The largest absolute Gasteiger partial charge is 0.493 e. The summed E-state index contributed by atoms with van der Waals surface area (Å²) in [6.45, 7) is 2.60. The molecular formula is C20H29NO5. The molecule has 1 N–H and O–H groups in total. The fourth-order valence-corrected chi connectivity index (χ4v) is 2.31. The van der Waals surface area contributed by atoms with Gasteiger partial charge in [0, 0.05) is 12.5 Å². The maximum Gasteiger partial charge on any atom is 0.330 e. The SMILES string of the molecule is CCCCCCC(=O)NCCOC(=O)/C=C/c1ccc(OC)c(OC)c1. The van der Waals surface area contributed by atoms with Crippen molar-refractivity contribution in [3.05, 3.63) is 29.8 Å². The maximum absolute atomic E-state index is 11.7. The van der Waals surface area contributed by atoms with Crippen molar-refractivity contribution in [3.63, 3.8) is 0 Å². The van der Waals surface area contributed by atoms with Gasteiger partial charge in [0.25, 0.3) is 0 Å². The molecule has 0 heterocycles. The molecule has 0 aromatic heterocycles. The van der Waals surface area contributed by atoms with Crippen molar-refractivity contribution in [2.24, 2.45) is 0 Å². The van der Waals surface area contributed by atoms with E-state index in [9.17, 15) is 9.59 Å². The van der Waals surface area contributed by atoms with Crippen LogP contribution in [-0.4, -0.2) is 39.2 Å². The number of esters is 1. The van der Waals surface area contributed by atoms with Crippen molar-refractivity contribution in [3.8, 4) is 11.5 Å². The molecule has 26 heavy (non-hydrogen) atoms. The predicted octanol–water partition coefficient (Wildman–Crippen LogP) is 3.35. The fraction of sp³-hybridized carbons (Fsp3) is 0.500. The van der Waals surface area contributed by atoms with E-state index in [1.807, 2.05) is 6.07 Å². The van der Waals surface area contributed by atoms with E-state index in [-0.39, 0.29) is 12.5 Å². The van der Waals surface area contributed by atoms with Gasteiger partial charge in [0.1, 0.15) is 6.61 Å². The summed E-state index contributed by atoms with van der Waals surface area (Å²) in [6, 6.07) is 5.34. The molecule has 0 saturated carbocycles. The summed E-state index contributed by atoms with van der Waals surface area (Å²) in [6.07, 6.45) is 7.76. The molecule has 6 heteroatoms. The van der Waals surface area contributed by atoms with Crippen LogP contribution in [0.5, 0.6) is 11.5 Å². The molecule has 0 aliphatic heterocycles. The minimum atomic E-state index is -0.461. The van der Waals surface area contributed by atoms with Gasteiger partial charge in [-0.25, -0.2) is 4.79 Å². The standard InChI is InChI=1S/C20H29NO5/c1-4-5-6-7-8-19(22)21-13-14-26-20(23)12-10-16-9-11-17(24-2)18(15-16)25-3/h9-12,15H,4-8,13-14H2,1-3H3,(H,21,22)/b12-10+. The highest BCUT2D eigenvalue weighted by molar-refractivity contribution is 5.87. The first kappa shape index (κ1) is 21.5. The molecule has 1 aromatic rings. The van der Waals surface area contributed by atoms with Crippen molar-refractivity contribution in [2.45, 2.75) is 39.0 Å². The molecule has 144 valence electrons. The third kappa shape index (κ3) is 8.55. The Labute approximate surface area is 155 Å². The van der Waals surface area contributed by atoms with Gasteiger partial charge in [0.05, 0.1) is 20.8 Å². The smallest absolute Gasteiger partial charge is 0.330 e. The molecule has 0 aliphatic rings. The van der Waals surface area contributed by atoms with Crippen LogP contribution in [0, 0.1) is 0 Å². The number of amides is 1.